The highest BCUT2D eigenvalue weighted by Gasteiger charge is 2.15. The lowest BCUT2D eigenvalue weighted by Crippen LogP contribution is -2.28. The molecule has 0 fully saturated rings. The summed E-state index contributed by atoms with van der Waals surface area (Å²) in [6.45, 7) is 9.22. The molecule has 0 saturated carbocycles. The Balaban J connectivity index is 3.01. The Labute approximate surface area is 121 Å². The van der Waals surface area contributed by atoms with Gasteiger partial charge in [0.25, 0.3) is 5.56 Å². The van der Waals surface area contributed by atoms with Gasteiger partial charge in [-0.05, 0) is 12.3 Å². The van der Waals surface area contributed by atoms with E-state index in [0.717, 1.165) is 18.8 Å². The zero-order chi connectivity index (χ0) is 14.4. The highest BCUT2D eigenvalue weighted by molar-refractivity contribution is 6.29. The van der Waals surface area contributed by atoms with Crippen molar-refractivity contribution in [3.05, 3.63) is 27.4 Å². The summed E-state index contributed by atoms with van der Waals surface area (Å²) in [4.78, 5) is 16.5. The molecule has 4 heteroatoms. The number of rotatable bonds is 7. The summed E-state index contributed by atoms with van der Waals surface area (Å²) in [6, 6.07) is 1.42. The molecule has 3 nitrogen and oxygen atoms in total. The van der Waals surface area contributed by atoms with Crippen molar-refractivity contribution >= 4 is 11.6 Å². The number of hydrogen-bond donors (Lipinski definition) is 0. The van der Waals surface area contributed by atoms with Crippen molar-refractivity contribution in [3.63, 3.8) is 0 Å². The van der Waals surface area contributed by atoms with Gasteiger partial charge in [-0.25, -0.2) is 4.98 Å². The minimum Gasteiger partial charge on any atom is -0.296 e. The van der Waals surface area contributed by atoms with Gasteiger partial charge in [-0.2, -0.15) is 0 Å². The fraction of sp³-hybridized carbons (Fsp3) is 0.733. The monoisotopic (exact) mass is 284 g/mol. The number of aromatic nitrogens is 2. The lowest BCUT2D eigenvalue weighted by atomic mass is 9.99. The minimum atomic E-state index is -0.0290. The minimum absolute atomic E-state index is 0.0290. The van der Waals surface area contributed by atoms with E-state index in [4.69, 9.17) is 11.6 Å². The predicted molar refractivity (Wildman–Crippen MR) is 80.9 cm³/mol. The van der Waals surface area contributed by atoms with E-state index in [-0.39, 0.29) is 11.5 Å². The lowest BCUT2D eigenvalue weighted by Gasteiger charge is -2.20. The van der Waals surface area contributed by atoms with Crippen molar-refractivity contribution in [3.8, 4) is 0 Å². The van der Waals surface area contributed by atoms with Crippen LogP contribution in [0.5, 0.6) is 0 Å². The SMILES string of the molecule is CCCCC(CC)Cn1c(C(C)C)nc(Cl)cc1=O. The zero-order valence-electron chi connectivity index (χ0n) is 12.4. The van der Waals surface area contributed by atoms with Crippen molar-refractivity contribution in [2.24, 2.45) is 5.92 Å². The Morgan fingerprint density at radius 3 is 2.58 bits per heavy atom. The average Bonchev–Trinajstić information content (AvgIpc) is 2.35. The standard InChI is InChI=1S/C15H25ClN2O/c1-5-7-8-12(6-2)10-18-14(19)9-13(16)17-15(18)11(3)4/h9,11-12H,5-8,10H2,1-4H3. The second-order valence-electron chi connectivity index (χ2n) is 5.46. The molecule has 1 rings (SSSR count). The van der Waals surface area contributed by atoms with E-state index < -0.39 is 0 Å². The maximum atomic E-state index is 12.1. The van der Waals surface area contributed by atoms with Crippen LogP contribution in [0.2, 0.25) is 5.15 Å². The Hall–Kier alpha value is -0.830. The molecule has 1 atom stereocenters. The van der Waals surface area contributed by atoms with E-state index in [1.807, 2.05) is 13.8 Å². The molecule has 19 heavy (non-hydrogen) atoms. The molecule has 0 radical (unpaired) electrons. The smallest absolute Gasteiger partial charge is 0.254 e. The van der Waals surface area contributed by atoms with Crippen molar-refractivity contribution in [1.29, 1.82) is 0 Å². The Morgan fingerprint density at radius 1 is 1.37 bits per heavy atom. The molecule has 0 aliphatic carbocycles. The van der Waals surface area contributed by atoms with Crippen LogP contribution in [-0.4, -0.2) is 9.55 Å². The van der Waals surface area contributed by atoms with Crippen molar-refractivity contribution in [2.45, 2.75) is 65.8 Å². The first kappa shape index (κ1) is 16.2. The van der Waals surface area contributed by atoms with Gasteiger partial charge in [0.05, 0.1) is 0 Å². The molecule has 108 valence electrons. The number of unbranched alkanes of at least 4 members (excludes halogenated alkanes) is 1. The summed E-state index contributed by atoms with van der Waals surface area (Å²) in [5.41, 5.74) is -0.0290. The van der Waals surface area contributed by atoms with Gasteiger partial charge in [-0.15, -0.1) is 0 Å². The quantitative estimate of drug-likeness (QED) is 0.702. The lowest BCUT2D eigenvalue weighted by molar-refractivity contribution is 0.373. The topological polar surface area (TPSA) is 34.9 Å². The van der Waals surface area contributed by atoms with Gasteiger partial charge < -0.3 is 0 Å². The van der Waals surface area contributed by atoms with Gasteiger partial charge in [0, 0.05) is 18.5 Å². The molecule has 1 aromatic rings. The van der Waals surface area contributed by atoms with E-state index in [1.165, 1.54) is 25.3 Å². The van der Waals surface area contributed by atoms with Gasteiger partial charge in [0.2, 0.25) is 0 Å². The van der Waals surface area contributed by atoms with Gasteiger partial charge in [0.1, 0.15) is 11.0 Å². The van der Waals surface area contributed by atoms with E-state index in [1.54, 1.807) is 4.57 Å². The molecule has 0 aliphatic rings. The number of halogens is 1. The Kier molecular flexibility index (Phi) is 6.56. The first-order chi connectivity index (χ1) is 8.99. The molecule has 0 aromatic carbocycles. The third-order valence-electron chi connectivity index (χ3n) is 3.51. The molecule has 0 saturated heterocycles. The summed E-state index contributed by atoms with van der Waals surface area (Å²) in [7, 11) is 0. The van der Waals surface area contributed by atoms with Gasteiger partial charge in [-0.1, -0.05) is 58.6 Å². The summed E-state index contributed by atoms with van der Waals surface area (Å²) < 4.78 is 1.81. The summed E-state index contributed by atoms with van der Waals surface area (Å²) >= 11 is 5.90. The van der Waals surface area contributed by atoms with E-state index in [2.05, 4.69) is 18.8 Å². The van der Waals surface area contributed by atoms with Crippen LogP contribution in [0.3, 0.4) is 0 Å². The van der Waals surface area contributed by atoms with Crippen molar-refractivity contribution < 1.29 is 0 Å². The first-order valence-corrected chi connectivity index (χ1v) is 7.64. The molecule has 1 heterocycles. The highest BCUT2D eigenvalue weighted by Crippen LogP contribution is 2.18. The highest BCUT2D eigenvalue weighted by atomic mass is 35.5. The third kappa shape index (κ3) is 4.64. The fourth-order valence-electron chi connectivity index (χ4n) is 2.29. The second-order valence-corrected chi connectivity index (χ2v) is 5.84. The van der Waals surface area contributed by atoms with Crippen molar-refractivity contribution in [2.75, 3.05) is 0 Å². The van der Waals surface area contributed by atoms with Crippen LogP contribution in [0.1, 0.15) is 65.1 Å². The molecule has 1 aromatic heterocycles. The van der Waals surface area contributed by atoms with E-state index in [9.17, 15) is 4.79 Å². The molecule has 0 bridgehead atoms. The molecular formula is C15H25ClN2O. The Morgan fingerprint density at radius 2 is 2.05 bits per heavy atom. The van der Waals surface area contributed by atoms with E-state index >= 15 is 0 Å². The van der Waals surface area contributed by atoms with Crippen LogP contribution in [0.4, 0.5) is 0 Å². The Bertz CT molecular complexity index is 454. The molecule has 0 spiro atoms. The molecule has 0 N–H and O–H groups in total. The average molecular weight is 285 g/mol. The van der Waals surface area contributed by atoms with Crippen LogP contribution in [-0.2, 0) is 6.54 Å². The fourth-order valence-corrected chi connectivity index (χ4v) is 2.47. The number of nitrogens with zero attached hydrogens (tertiary/aromatic N) is 2. The maximum Gasteiger partial charge on any atom is 0.254 e. The predicted octanol–water partition coefficient (Wildman–Crippen LogP) is 4.24. The summed E-state index contributed by atoms with van der Waals surface area (Å²) in [5, 5.41) is 0.298. The van der Waals surface area contributed by atoms with Crippen molar-refractivity contribution in [1.82, 2.24) is 9.55 Å². The maximum absolute atomic E-state index is 12.1. The summed E-state index contributed by atoms with van der Waals surface area (Å²) in [6.07, 6.45) is 4.67. The van der Waals surface area contributed by atoms with E-state index in [0.29, 0.717) is 11.1 Å². The summed E-state index contributed by atoms with van der Waals surface area (Å²) in [5.74, 6) is 1.54. The van der Waals surface area contributed by atoms with Crippen LogP contribution >= 0.6 is 11.6 Å². The van der Waals surface area contributed by atoms with Gasteiger partial charge in [0.15, 0.2) is 0 Å². The van der Waals surface area contributed by atoms with Crippen LogP contribution in [0.25, 0.3) is 0 Å². The normalized spacial score (nSPS) is 12.9. The van der Waals surface area contributed by atoms with Gasteiger partial charge >= 0.3 is 0 Å². The molecule has 0 amide bonds. The molecule has 1 unspecified atom stereocenters. The van der Waals surface area contributed by atoms with Gasteiger partial charge in [-0.3, -0.25) is 9.36 Å². The third-order valence-corrected chi connectivity index (χ3v) is 3.70. The van der Waals surface area contributed by atoms with Crippen LogP contribution in [0.15, 0.2) is 10.9 Å². The molecule has 0 aliphatic heterocycles. The largest absolute Gasteiger partial charge is 0.296 e. The number of hydrogen-bond acceptors (Lipinski definition) is 2. The zero-order valence-corrected chi connectivity index (χ0v) is 13.2. The second kappa shape index (κ2) is 7.68. The van der Waals surface area contributed by atoms with Crippen LogP contribution < -0.4 is 5.56 Å². The van der Waals surface area contributed by atoms with Crippen LogP contribution in [0, 0.1) is 5.92 Å². The molecular weight excluding hydrogens is 260 g/mol. The first-order valence-electron chi connectivity index (χ1n) is 7.26.